The van der Waals surface area contributed by atoms with Crippen LogP contribution in [-0.2, 0) is 10.2 Å². The van der Waals surface area contributed by atoms with E-state index in [-0.39, 0.29) is 5.41 Å². The van der Waals surface area contributed by atoms with Gasteiger partial charge >= 0.3 is 0 Å². The first-order valence-corrected chi connectivity index (χ1v) is 7.95. The Kier molecular flexibility index (Phi) is 6.72. The second-order valence-electron chi connectivity index (χ2n) is 6.02. The number of ether oxygens (including phenoxy) is 1. The van der Waals surface area contributed by atoms with Gasteiger partial charge in [0.1, 0.15) is 0 Å². The zero-order valence-electron chi connectivity index (χ0n) is 13.2. The summed E-state index contributed by atoms with van der Waals surface area (Å²) < 4.78 is 7.30. The van der Waals surface area contributed by atoms with Gasteiger partial charge < -0.3 is 15.0 Å². The van der Waals surface area contributed by atoms with Crippen molar-refractivity contribution < 1.29 is 4.74 Å². The average Bonchev–Trinajstić information content (AvgIpc) is 2.36. The highest BCUT2D eigenvalue weighted by Crippen LogP contribution is 2.38. The molecule has 0 radical (unpaired) electrons. The van der Waals surface area contributed by atoms with Crippen molar-refractivity contribution in [1.82, 2.24) is 5.32 Å². The maximum Gasteiger partial charge on any atom is 0.0798 e. The third kappa shape index (κ3) is 4.32. The Labute approximate surface area is 133 Å². The van der Waals surface area contributed by atoms with Gasteiger partial charge in [-0.3, -0.25) is 0 Å². The Morgan fingerprint density at radius 1 is 1.15 bits per heavy atom. The van der Waals surface area contributed by atoms with Crippen molar-refractivity contribution in [2.24, 2.45) is 0 Å². The van der Waals surface area contributed by atoms with E-state index >= 15 is 0 Å². The maximum absolute atomic E-state index is 5.61. The summed E-state index contributed by atoms with van der Waals surface area (Å²) in [5.74, 6) is 0. The highest BCUT2D eigenvalue weighted by molar-refractivity contribution is 7.74. The van der Waals surface area contributed by atoms with Crippen LogP contribution in [0.5, 0.6) is 0 Å². The topological polar surface area (TPSA) is 24.5 Å². The molecule has 0 aliphatic carbocycles. The van der Waals surface area contributed by atoms with E-state index in [0.717, 1.165) is 40.9 Å². The van der Waals surface area contributed by atoms with Gasteiger partial charge in [0.15, 0.2) is 0 Å². The molecule has 1 rings (SSSR count). The quantitative estimate of drug-likeness (QED) is 0.586. The molecule has 3 nitrogen and oxygen atoms in total. The van der Waals surface area contributed by atoms with Gasteiger partial charge in [-0.1, -0.05) is 52.1 Å². The van der Waals surface area contributed by atoms with Crippen LogP contribution >= 0.6 is 24.4 Å². The van der Waals surface area contributed by atoms with Crippen molar-refractivity contribution in [2.45, 2.75) is 33.1 Å². The SMILES string of the molecule is CCNCCOCCN(C)c1c(C(C)(C)C)c(=S)c1=S. The summed E-state index contributed by atoms with van der Waals surface area (Å²) in [5.41, 5.74) is 2.40. The summed E-state index contributed by atoms with van der Waals surface area (Å²) in [6, 6.07) is 0. The second kappa shape index (κ2) is 7.59. The van der Waals surface area contributed by atoms with E-state index in [1.807, 2.05) is 0 Å². The molecule has 0 unspecified atom stereocenters. The molecule has 0 aliphatic heterocycles. The monoisotopic (exact) mass is 314 g/mol. The lowest BCUT2D eigenvalue weighted by Crippen LogP contribution is -2.30. The van der Waals surface area contributed by atoms with Crippen LogP contribution in [0.2, 0.25) is 0 Å². The van der Waals surface area contributed by atoms with Crippen molar-refractivity contribution in [3.05, 3.63) is 14.6 Å². The van der Waals surface area contributed by atoms with E-state index in [9.17, 15) is 0 Å². The molecular formula is C15H26N2OS2. The third-order valence-corrected chi connectivity index (χ3v) is 4.20. The van der Waals surface area contributed by atoms with Crippen LogP contribution in [0.15, 0.2) is 0 Å². The van der Waals surface area contributed by atoms with Gasteiger partial charge in [0, 0.05) is 25.7 Å². The molecule has 20 heavy (non-hydrogen) atoms. The van der Waals surface area contributed by atoms with E-state index in [1.54, 1.807) is 0 Å². The minimum Gasteiger partial charge on any atom is -0.378 e. The number of anilines is 1. The van der Waals surface area contributed by atoms with Crippen LogP contribution in [0, 0.1) is 9.02 Å². The van der Waals surface area contributed by atoms with E-state index in [2.05, 4.69) is 45.0 Å². The molecule has 0 saturated carbocycles. The highest BCUT2D eigenvalue weighted by Gasteiger charge is 2.27. The fraction of sp³-hybridized carbons (Fsp3) is 0.733. The zero-order valence-corrected chi connectivity index (χ0v) is 14.8. The van der Waals surface area contributed by atoms with Crippen LogP contribution in [0.1, 0.15) is 33.3 Å². The first-order chi connectivity index (χ1) is 9.30. The van der Waals surface area contributed by atoms with Gasteiger partial charge in [0.2, 0.25) is 0 Å². The summed E-state index contributed by atoms with van der Waals surface area (Å²) in [5, 5.41) is 3.24. The van der Waals surface area contributed by atoms with Crippen LogP contribution in [-0.4, -0.2) is 39.9 Å². The van der Waals surface area contributed by atoms with Crippen LogP contribution in [0.3, 0.4) is 0 Å². The predicted molar refractivity (Wildman–Crippen MR) is 91.8 cm³/mol. The standard InChI is InChI=1S/C15H26N2OS2/c1-6-16-7-9-18-10-8-17(5)12-11(15(2,3)4)13(19)14(12)20/h16H,6-10H2,1-5H3. The van der Waals surface area contributed by atoms with Crippen LogP contribution in [0.4, 0.5) is 5.69 Å². The van der Waals surface area contributed by atoms with E-state index < -0.39 is 0 Å². The number of rotatable bonds is 8. The Morgan fingerprint density at radius 2 is 1.80 bits per heavy atom. The third-order valence-electron chi connectivity index (χ3n) is 3.26. The molecule has 0 aliphatic rings. The Bertz CT molecular complexity index is 499. The van der Waals surface area contributed by atoms with Gasteiger partial charge in [-0.2, -0.15) is 0 Å². The molecule has 0 atom stereocenters. The number of hydrogen-bond donors (Lipinski definition) is 1. The summed E-state index contributed by atoms with van der Waals surface area (Å²) in [6.07, 6.45) is 0. The zero-order chi connectivity index (χ0) is 15.3. The molecule has 1 aromatic rings. The molecule has 0 saturated heterocycles. The molecule has 0 bridgehead atoms. The Morgan fingerprint density at radius 3 is 2.35 bits per heavy atom. The molecule has 1 aromatic carbocycles. The van der Waals surface area contributed by atoms with Crippen molar-refractivity contribution in [1.29, 1.82) is 0 Å². The minimum absolute atomic E-state index is 0.0505. The average molecular weight is 315 g/mol. The van der Waals surface area contributed by atoms with Gasteiger partial charge in [-0.15, -0.1) is 0 Å². The molecular weight excluding hydrogens is 288 g/mol. The van der Waals surface area contributed by atoms with Gasteiger partial charge in [0.05, 0.1) is 27.9 Å². The normalized spacial score (nSPS) is 12.1. The lowest BCUT2D eigenvalue weighted by atomic mass is 9.83. The largest absolute Gasteiger partial charge is 0.378 e. The van der Waals surface area contributed by atoms with Gasteiger partial charge in [-0.25, -0.2) is 0 Å². The number of nitrogens with zero attached hydrogens (tertiary/aromatic N) is 1. The Hall–Kier alpha value is -0.360. The van der Waals surface area contributed by atoms with Gasteiger partial charge in [-0.05, 0) is 12.0 Å². The molecule has 114 valence electrons. The lowest BCUT2D eigenvalue weighted by molar-refractivity contribution is 0.143. The Balaban J connectivity index is 2.53. The number of hydrogen-bond acceptors (Lipinski definition) is 5. The fourth-order valence-corrected chi connectivity index (χ4v) is 3.04. The van der Waals surface area contributed by atoms with Crippen molar-refractivity contribution in [3.63, 3.8) is 0 Å². The van der Waals surface area contributed by atoms with E-state index in [1.165, 1.54) is 5.56 Å². The number of likely N-dealkylation sites (N-methyl/N-ethyl adjacent to an activating group) is 2. The summed E-state index contributed by atoms with van der Waals surface area (Å²) in [4.78, 5) is 2.17. The smallest absolute Gasteiger partial charge is 0.0798 e. The van der Waals surface area contributed by atoms with Crippen molar-refractivity contribution in [3.8, 4) is 0 Å². The first-order valence-electron chi connectivity index (χ1n) is 7.14. The van der Waals surface area contributed by atoms with Gasteiger partial charge in [0.25, 0.3) is 0 Å². The summed E-state index contributed by atoms with van der Waals surface area (Å²) >= 11 is 10.8. The fourth-order valence-electron chi connectivity index (χ4n) is 2.18. The molecule has 5 heteroatoms. The molecule has 0 heterocycles. The molecule has 0 spiro atoms. The van der Waals surface area contributed by atoms with Crippen molar-refractivity contribution in [2.75, 3.05) is 44.8 Å². The van der Waals surface area contributed by atoms with E-state index in [4.69, 9.17) is 29.2 Å². The van der Waals surface area contributed by atoms with Crippen LogP contribution in [0.25, 0.3) is 0 Å². The second-order valence-corrected chi connectivity index (χ2v) is 6.84. The van der Waals surface area contributed by atoms with Crippen LogP contribution < -0.4 is 10.2 Å². The highest BCUT2D eigenvalue weighted by atomic mass is 32.1. The predicted octanol–water partition coefficient (Wildman–Crippen LogP) is 3.38. The molecule has 1 N–H and O–H groups in total. The molecule has 0 fully saturated rings. The van der Waals surface area contributed by atoms with E-state index in [0.29, 0.717) is 6.61 Å². The number of nitrogens with one attached hydrogen (secondary N) is 1. The maximum atomic E-state index is 5.61. The lowest BCUT2D eigenvalue weighted by Gasteiger charge is -2.32. The van der Waals surface area contributed by atoms with Crippen molar-refractivity contribution >= 4 is 30.1 Å². The minimum atomic E-state index is 0.0505. The molecule has 0 aromatic heterocycles. The summed E-state index contributed by atoms with van der Waals surface area (Å²) in [6.45, 7) is 12.8. The first kappa shape index (κ1) is 17.7. The molecule has 0 amide bonds. The summed E-state index contributed by atoms with van der Waals surface area (Å²) in [7, 11) is 2.06.